The number of hydrogen-bond donors (Lipinski definition) is 1. The Morgan fingerprint density at radius 3 is 2.79 bits per heavy atom. The number of aromatic amines is 1. The molecule has 0 fully saturated rings. The highest BCUT2D eigenvalue weighted by Gasteiger charge is 2.18. The molecule has 2 heterocycles. The minimum absolute atomic E-state index is 0.0527. The van der Waals surface area contributed by atoms with Crippen molar-refractivity contribution in [3.05, 3.63) is 54.7 Å². The average molecular weight is 399 g/mol. The van der Waals surface area contributed by atoms with E-state index in [4.69, 9.17) is 0 Å². The van der Waals surface area contributed by atoms with E-state index in [1.807, 2.05) is 31.2 Å². The number of halogens is 2. The molecule has 3 rings (SSSR count). The topological polar surface area (TPSA) is 32.9 Å². The molecule has 5 heteroatoms. The fourth-order valence-electron chi connectivity index (χ4n) is 2.14. The standard InChI is InChI=1S/C14H9Br2NOS/c1-7-3-2-4-10-12(7)8(6-17-10)13(18)11-5-9(15)14(16)19-11/h2-6,17H,1H3. The van der Waals surface area contributed by atoms with Crippen molar-refractivity contribution in [2.45, 2.75) is 6.92 Å². The molecule has 96 valence electrons. The Bertz CT molecular complexity index is 768. The van der Waals surface area contributed by atoms with E-state index in [-0.39, 0.29) is 5.78 Å². The second-order valence-electron chi connectivity index (χ2n) is 4.26. The lowest BCUT2D eigenvalue weighted by Gasteiger charge is -1.99. The predicted molar refractivity (Wildman–Crippen MR) is 86.2 cm³/mol. The number of rotatable bonds is 2. The first-order valence-electron chi connectivity index (χ1n) is 5.64. The van der Waals surface area contributed by atoms with Gasteiger partial charge >= 0.3 is 0 Å². The van der Waals surface area contributed by atoms with Gasteiger partial charge in [-0.2, -0.15) is 0 Å². The summed E-state index contributed by atoms with van der Waals surface area (Å²) >= 11 is 8.28. The number of benzene rings is 1. The lowest BCUT2D eigenvalue weighted by molar-refractivity contribution is 0.104. The van der Waals surface area contributed by atoms with E-state index in [0.717, 1.165) is 35.2 Å². The van der Waals surface area contributed by atoms with Crippen molar-refractivity contribution in [1.82, 2.24) is 4.98 Å². The van der Waals surface area contributed by atoms with Crippen LogP contribution in [-0.4, -0.2) is 10.8 Å². The maximum Gasteiger partial charge on any atom is 0.205 e. The molecule has 0 unspecified atom stereocenters. The maximum atomic E-state index is 12.6. The summed E-state index contributed by atoms with van der Waals surface area (Å²) in [7, 11) is 0. The van der Waals surface area contributed by atoms with E-state index in [2.05, 4.69) is 36.8 Å². The Labute approximate surface area is 131 Å². The molecule has 1 N–H and O–H groups in total. The number of carbonyl (C=O) groups is 1. The van der Waals surface area contributed by atoms with Crippen molar-refractivity contribution >= 4 is 59.9 Å². The molecule has 0 aliphatic carbocycles. The van der Waals surface area contributed by atoms with Crippen LogP contribution < -0.4 is 0 Å². The number of ketones is 1. The first-order chi connectivity index (χ1) is 9.08. The van der Waals surface area contributed by atoms with Crippen LogP contribution in [0.25, 0.3) is 10.9 Å². The average Bonchev–Trinajstić information content (AvgIpc) is 2.94. The molecule has 0 radical (unpaired) electrons. The summed E-state index contributed by atoms with van der Waals surface area (Å²) in [5.41, 5.74) is 2.84. The summed E-state index contributed by atoms with van der Waals surface area (Å²) in [5.74, 6) is 0.0527. The number of aryl methyl sites for hydroxylation is 1. The smallest absolute Gasteiger partial charge is 0.205 e. The molecule has 0 amide bonds. The zero-order valence-corrected chi connectivity index (χ0v) is 13.9. The van der Waals surface area contributed by atoms with Crippen molar-refractivity contribution in [1.29, 1.82) is 0 Å². The van der Waals surface area contributed by atoms with Crippen molar-refractivity contribution in [3.63, 3.8) is 0 Å². The van der Waals surface area contributed by atoms with Gasteiger partial charge in [-0.15, -0.1) is 11.3 Å². The zero-order chi connectivity index (χ0) is 13.6. The first kappa shape index (κ1) is 13.1. The number of thiophene rings is 1. The van der Waals surface area contributed by atoms with Crippen LogP contribution >= 0.6 is 43.2 Å². The Kier molecular flexibility index (Phi) is 3.37. The molecule has 0 atom stereocenters. The van der Waals surface area contributed by atoms with E-state index in [0.29, 0.717) is 0 Å². The molecule has 0 aliphatic heterocycles. The van der Waals surface area contributed by atoms with Crippen molar-refractivity contribution < 1.29 is 4.79 Å². The van der Waals surface area contributed by atoms with E-state index in [1.165, 1.54) is 11.3 Å². The van der Waals surface area contributed by atoms with Gasteiger partial charge in [-0.3, -0.25) is 4.79 Å². The fraction of sp³-hybridized carbons (Fsp3) is 0.0714. The molecule has 0 saturated heterocycles. The number of nitrogens with one attached hydrogen (secondary N) is 1. The summed E-state index contributed by atoms with van der Waals surface area (Å²) in [6.07, 6.45) is 1.79. The van der Waals surface area contributed by atoms with E-state index < -0.39 is 0 Å². The van der Waals surface area contributed by atoms with Crippen molar-refractivity contribution in [2.24, 2.45) is 0 Å². The molecule has 2 nitrogen and oxygen atoms in total. The Balaban J connectivity index is 2.17. The number of hydrogen-bond acceptors (Lipinski definition) is 2. The monoisotopic (exact) mass is 397 g/mol. The van der Waals surface area contributed by atoms with Crippen LogP contribution in [0.3, 0.4) is 0 Å². The van der Waals surface area contributed by atoms with Gasteiger partial charge < -0.3 is 4.98 Å². The van der Waals surface area contributed by atoms with Crippen LogP contribution in [0.4, 0.5) is 0 Å². The second kappa shape index (κ2) is 4.89. The number of fused-ring (bicyclic) bond motifs is 1. The van der Waals surface area contributed by atoms with E-state index >= 15 is 0 Å². The van der Waals surface area contributed by atoms with Crippen LogP contribution in [0.15, 0.2) is 38.7 Å². The molecule has 0 saturated carbocycles. The van der Waals surface area contributed by atoms with Gasteiger partial charge in [0.25, 0.3) is 0 Å². The maximum absolute atomic E-state index is 12.6. The van der Waals surface area contributed by atoms with Crippen LogP contribution in [0.1, 0.15) is 20.8 Å². The lowest BCUT2D eigenvalue weighted by atomic mass is 10.0. The van der Waals surface area contributed by atoms with Gasteiger partial charge in [0.15, 0.2) is 0 Å². The number of H-pyrrole nitrogens is 1. The highest BCUT2D eigenvalue weighted by Crippen LogP contribution is 2.34. The van der Waals surface area contributed by atoms with Gasteiger partial charge in [0.05, 0.1) is 8.66 Å². The SMILES string of the molecule is Cc1cccc2[nH]cc(C(=O)c3cc(Br)c(Br)s3)c12. The molecule has 0 aliphatic rings. The predicted octanol–water partition coefficient (Wildman–Crippen LogP) is 5.29. The molecule has 1 aromatic carbocycles. The molecule has 19 heavy (non-hydrogen) atoms. The van der Waals surface area contributed by atoms with Gasteiger partial charge in [0.1, 0.15) is 0 Å². The van der Waals surface area contributed by atoms with Crippen LogP contribution in [0.5, 0.6) is 0 Å². The first-order valence-corrected chi connectivity index (χ1v) is 8.04. The second-order valence-corrected chi connectivity index (χ2v) is 7.49. The lowest BCUT2D eigenvalue weighted by Crippen LogP contribution is -1.97. The van der Waals surface area contributed by atoms with Gasteiger partial charge in [-0.25, -0.2) is 0 Å². The summed E-state index contributed by atoms with van der Waals surface area (Å²) in [6.45, 7) is 2.02. The quantitative estimate of drug-likeness (QED) is 0.584. The Morgan fingerprint density at radius 2 is 2.11 bits per heavy atom. The molecule has 3 aromatic rings. The minimum atomic E-state index is 0.0527. The van der Waals surface area contributed by atoms with Crippen molar-refractivity contribution in [3.8, 4) is 0 Å². The molecule has 0 bridgehead atoms. The Morgan fingerprint density at radius 1 is 1.32 bits per heavy atom. The molecule has 0 spiro atoms. The van der Waals surface area contributed by atoms with Gasteiger partial charge in [-0.1, -0.05) is 12.1 Å². The third kappa shape index (κ3) is 2.20. The van der Waals surface area contributed by atoms with Crippen LogP contribution in [0, 0.1) is 6.92 Å². The van der Waals surface area contributed by atoms with Gasteiger partial charge in [0, 0.05) is 27.1 Å². The highest BCUT2D eigenvalue weighted by molar-refractivity contribution is 9.13. The van der Waals surface area contributed by atoms with Gasteiger partial charge in [0.2, 0.25) is 5.78 Å². The summed E-state index contributed by atoms with van der Waals surface area (Å²) < 4.78 is 1.85. The number of carbonyl (C=O) groups excluding carboxylic acids is 1. The minimum Gasteiger partial charge on any atom is -0.360 e. The largest absolute Gasteiger partial charge is 0.360 e. The molecule has 2 aromatic heterocycles. The number of aromatic nitrogens is 1. The Hall–Kier alpha value is -0.910. The summed E-state index contributed by atoms with van der Waals surface area (Å²) in [5, 5.41) is 1.01. The van der Waals surface area contributed by atoms with Gasteiger partial charge in [-0.05, 0) is 56.5 Å². The van der Waals surface area contributed by atoms with Crippen molar-refractivity contribution in [2.75, 3.05) is 0 Å². The summed E-state index contributed by atoms with van der Waals surface area (Å²) in [4.78, 5) is 16.5. The van der Waals surface area contributed by atoms with E-state index in [9.17, 15) is 4.79 Å². The highest BCUT2D eigenvalue weighted by atomic mass is 79.9. The third-order valence-corrected chi connectivity index (χ3v) is 6.28. The normalized spacial score (nSPS) is 11.1. The fourth-order valence-corrected chi connectivity index (χ4v) is 4.13. The zero-order valence-electron chi connectivity index (χ0n) is 9.96. The molecular weight excluding hydrogens is 390 g/mol. The van der Waals surface area contributed by atoms with Crippen LogP contribution in [-0.2, 0) is 0 Å². The van der Waals surface area contributed by atoms with E-state index in [1.54, 1.807) is 6.20 Å². The molecular formula is C14H9Br2NOS. The van der Waals surface area contributed by atoms with Crippen LogP contribution in [0.2, 0.25) is 0 Å². The third-order valence-electron chi connectivity index (χ3n) is 3.03. The summed E-state index contributed by atoms with van der Waals surface area (Å²) in [6, 6.07) is 7.85.